The topological polar surface area (TPSA) is 55.1 Å². The van der Waals surface area contributed by atoms with Crippen molar-refractivity contribution in [2.24, 2.45) is 11.7 Å². The van der Waals surface area contributed by atoms with E-state index in [9.17, 15) is 4.79 Å². The summed E-state index contributed by atoms with van der Waals surface area (Å²) in [5.41, 5.74) is 5.60. The van der Waals surface area contributed by atoms with Gasteiger partial charge in [-0.05, 0) is 38.4 Å². The predicted octanol–water partition coefficient (Wildman–Crippen LogP) is 2.61. The zero-order chi connectivity index (χ0) is 12.8. The summed E-state index contributed by atoms with van der Waals surface area (Å²) in [6, 6.07) is 4.25. The standard InChI is InChI=1S/C13H22N2OS/c1-4-11(8-14)7-13(16)15-10(3)12-6-5-9(2)17-12/h5-6,10-11H,4,7-8,14H2,1-3H3,(H,15,16). The van der Waals surface area contributed by atoms with Crippen molar-refractivity contribution in [1.82, 2.24) is 5.32 Å². The number of rotatable bonds is 6. The summed E-state index contributed by atoms with van der Waals surface area (Å²) in [6.07, 6.45) is 1.48. The molecule has 0 saturated carbocycles. The third-order valence-corrected chi connectivity index (χ3v) is 4.13. The van der Waals surface area contributed by atoms with Gasteiger partial charge in [-0.1, -0.05) is 13.3 Å². The lowest BCUT2D eigenvalue weighted by molar-refractivity contribution is -0.122. The van der Waals surface area contributed by atoms with Crippen LogP contribution in [0.25, 0.3) is 0 Å². The van der Waals surface area contributed by atoms with E-state index in [1.165, 1.54) is 9.75 Å². The van der Waals surface area contributed by atoms with Crippen molar-refractivity contribution in [3.05, 3.63) is 21.9 Å². The van der Waals surface area contributed by atoms with Crippen molar-refractivity contribution in [2.45, 2.75) is 39.7 Å². The second-order valence-electron chi connectivity index (χ2n) is 4.45. The van der Waals surface area contributed by atoms with Gasteiger partial charge >= 0.3 is 0 Å². The number of thiophene rings is 1. The van der Waals surface area contributed by atoms with Gasteiger partial charge in [0.1, 0.15) is 0 Å². The molecule has 2 unspecified atom stereocenters. The average molecular weight is 254 g/mol. The molecule has 1 rings (SSSR count). The van der Waals surface area contributed by atoms with Gasteiger partial charge in [0.25, 0.3) is 0 Å². The van der Waals surface area contributed by atoms with Crippen LogP contribution in [0.3, 0.4) is 0 Å². The van der Waals surface area contributed by atoms with Crippen LogP contribution in [0, 0.1) is 12.8 Å². The monoisotopic (exact) mass is 254 g/mol. The lowest BCUT2D eigenvalue weighted by Crippen LogP contribution is -2.29. The Labute approximate surface area is 107 Å². The SMILES string of the molecule is CCC(CN)CC(=O)NC(C)c1ccc(C)s1. The highest BCUT2D eigenvalue weighted by molar-refractivity contribution is 7.12. The van der Waals surface area contributed by atoms with Crippen LogP contribution < -0.4 is 11.1 Å². The number of carbonyl (C=O) groups excluding carboxylic acids is 1. The maximum Gasteiger partial charge on any atom is 0.220 e. The molecule has 1 heterocycles. The smallest absolute Gasteiger partial charge is 0.220 e. The van der Waals surface area contributed by atoms with E-state index in [0.29, 0.717) is 18.9 Å². The fourth-order valence-electron chi connectivity index (χ4n) is 1.71. The Balaban J connectivity index is 2.45. The highest BCUT2D eigenvalue weighted by Gasteiger charge is 2.14. The molecule has 1 aromatic heterocycles. The van der Waals surface area contributed by atoms with Crippen molar-refractivity contribution < 1.29 is 4.79 Å². The fraction of sp³-hybridized carbons (Fsp3) is 0.615. The number of nitrogens with two attached hydrogens (primary N) is 1. The molecule has 2 atom stereocenters. The summed E-state index contributed by atoms with van der Waals surface area (Å²) in [6.45, 7) is 6.74. The van der Waals surface area contributed by atoms with Gasteiger partial charge in [0.15, 0.2) is 0 Å². The lowest BCUT2D eigenvalue weighted by Gasteiger charge is -2.15. The zero-order valence-electron chi connectivity index (χ0n) is 10.8. The molecule has 3 nitrogen and oxygen atoms in total. The highest BCUT2D eigenvalue weighted by Crippen LogP contribution is 2.22. The Morgan fingerprint density at radius 2 is 2.24 bits per heavy atom. The fourth-order valence-corrected chi connectivity index (χ4v) is 2.59. The van der Waals surface area contributed by atoms with Crippen LogP contribution in [-0.2, 0) is 4.79 Å². The van der Waals surface area contributed by atoms with Crippen molar-refractivity contribution in [3.8, 4) is 0 Å². The summed E-state index contributed by atoms with van der Waals surface area (Å²) in [5, 5.41) is 3.02. The van der Waals surface area contributed by atoms with Gasteiger partial charge in [-0.3, -0.25) is 4.79 Å². The normalized spacial score (nSPS) is 14.4. The molecule has 3 N–H and O–H groups in total. The molecule has 0 aliphatic heterocycles. The Morgan fingerprint density at radius 1 is 1.53 bits per heavy atom. The Bertz CT molecular complexity index is 358. The molecule has 0 aliphatic carbocycles. The molecule has 4 heteroatoms. The van der Waals surface area contributed by atoms with E-state index >= 15 is 0 Å². The van der Waals surface area contributed by atoms with Gasteiger partial charge in [0.2, 0.25) is 5.91 Å². The maximum atomic E-state index is 11.8. The van der Waals surface area contributed by atoms with Crippen molar-refractivity contribution in [1.29, 1.82) is 0 Å². The quantitative estimate of drug-likeness (QED) is 0.820. The summed E-state index contributed by atoms with van der Waals surface area (Å²) in [5.74, 6) is 0.396. The molecule has 96 valence electrons. The number of amides is 1. The third-order valence-electron chi connectivity index (χ3n) is 2.95. The van der Waals surface area contributed by atoms with Crippen LogP contribution in [-0.4, -0.2) is 12.5 Å². The molecule has 0 spiro atoms. The average Bonchev–Trinajstić information content (AvgIpc) is 2.72. The van der Waals surface area contributed by atoms with Crippen molar-refractivity contribution >= 4 is 17.2 Å². The second-order valence-corrected chi connectivity index (χ2v) is 5.77. The molecule has 0 saturated heterocycles. The molecule has 0 fully saturated rings. The van der Waals surface area contributed by atoms with E-state index < -0.39 is 0 Å². The van der Waals surface area contributed by atoms with Gasteiger partial charge in [0.05, 0.1) is 6.04 Å². The van der Waals surface area contributed by atoms with Crippen molar-refractivity contribution in [2.75, 3.05) is 6.54 Å². The van der Waals surface area contributed by atoms with E-state index in [4.69, 9.17) is 5.73 Å². The summed E-state index contributed by atoms with van der Waals surface area (Å²) < 4.78 is 0. The molecule has 1 amide bonds. The van der Waals surface area contributed by atoms with Gasteiger partial charge in [-0.2, -0.15) is 0 Å². The molecule has 17 heavy (non-hydrogen) atoms. The summed E-state index contributed by atoms with van der Waals surface area (Å²) >= 11 is 1.73. The molecule has 0 aromatic carbocycles. The molecule has 0 radical (unpaired) electrons. The lowest BCUT2D eigenvalue weighted by atomic mass is 10.0. The number of hydrogen-bond donors (Lipinski definition) is 2. The Morgan fingerprint density at radius 3 is 2.71 bits per heavy atom. The third kappa shape index (κ3) is 4.48. The Kier molecular flexibility index (Phi) is 5.65. The van der Waals surface area contributed by atoms with Gasteiger partial charge in [-0.15, -0.1) is 11.3 Å². The predicted molar refractivity (Wildman–Crippen MR) is 73.1 cm³/mol. The Hall–Kier alpha value is -0.870. The van der Waals surface area contributed by atoms with E-state index in [1.54, 1.807) is 11.3 Å². The van der Waals surface area contributed by atoms with Gasteiger partial charge in [-0.25, -0.2) is 0 Å². The number of nitrogens with one attached hydrogen (secondary N) is 1. The molecule has 0 aliphatic rings. The van der Waals surface area contributed by atoms with Crippen LogP contribution in [0.15, 0.2) is 12.1 Å². The van der Waals surface area contributed by atoms with Crippen LogP contribution in [0.2, 0.25) is 0 Å². The first-order valence-electron chi connectivity index (χ1n) is 6.12. The molecule has 1 aromatic rings. The minimum Gasteiger partial charge on any atom is -0.349 e. The number of carbonyl (C=O) groups is 1. The largest absolute Gasteiger partial charge is 0.349 e. The van der Waals surface area contributed by atoms with E-state index in [2.05, 4.69) is 31.3 Å². The first-order valence-corrected chi connectivity index (χ1v) is 6.94. The first kappa shape index (κ1) is 14.2. The first-order chi connectivity index (χ1) is 8.06. The van der Waals surface area contributed by atoms with Crippen LogP contribution >= 0.6 is 11.3 Å². The maximum absolute atomic E-state index is 11.8. The van der Waals surface area contributed by atoms with Crippen LogP contribution in [0.1, 0.15) is 42.5 Å². The van der Waals surface area contributed by atoms with E-state index in [1.807, 2.05) is 6.92 Å². The number of hydrogen-bond acceptors (Lipinski definition) is 3. The van der Waals surface area contributed by atoms with Crippen LogP contribution in [0.5, 0.6) is 0 Å². The van der Waals surface area contributed by atoms with Gasteiger partial charge < -0.3 is 11.1 Å². The van der Waals surface area contributed by atoms with E-state index in [-0.39, 0.29) is 11.9 Å². The van der Waals surface area contributed by atoms with Crippen LogP contribution in [0.4, 0.5) is 0 Å². The minimum absolute atomic E-state index is 0.0940. The molecular weight excluding hydrogens is 232 g/mol. The minimum atomic E-state index is 0.0940. The zero-order valence-corrected chi connectivity index (χ0v) is 11.6. The summed E-state index contributed by atoms with van der Waals surface area (Å²) in [7, 11) is 0. The van der Waals surface area contributed by atoms with Crippen molar-refractivity contribution in [3.63, 3.8) is 0 Å². The molecular formula is C13H22N2OS. The highest BCUT2D eigenvalue weighted by atomic mass is 32.1. The van der Waals surface area contributed by atoms with Gasteiger partial charge in [0, 0.05) is 16.2 Å². The second kappa shape index (κ2) is 6.77. The number of aryl methyl sites for hydroxylation is 1. The van der Waals surface area contributed by atoms with E-state index in [0.717, 1.165) is 6.42 Å². The molecule has 0 bridgehead atoms. The summed E-state index contributed by atoms with van der Waals surface area (Å²) in [4.78, 5) is 14.3.